The van der Waals surface area contributed by atoms with E-state index in [-0.39, 0.29) is 18.1 Å². The van der Waals surface area contributed by atoms with Crippen molar-refractivity contribution in [3.63, 3.8) is 0 Å². The smallest absolute Gasteiger partial charge is 0.165 e. The van der Waals surface area contributed by atoms with E-state index in [2.05, 4.69) is 6.92 Å². The Morgan fingerprint density at radius 1 is 1.08 bits per heavy atom. The van der Waals surface area contributed by atoms with Gasteiger partial charge in [0.15, 0.2) is 11.6 Å². The molecule has 0 N–H and O–H groups in total. The topological polar surface area (TPSA) is 35.5 Å². The molecule has 3 nitrogen and oxygen atoms in total. The average molecular weight is 344 g/mol. The van der Waals surface area contributed by atoms with Crippen LogP contribution >= 0.6 is 0 Å². The molecule has 0 aliphatic carbocycles. The van der Waals surface area contributed by atoms with Gasteiger partial charge in [-0.1, -0.05) is 31.5 Å². The van der Waals surface area contributed by atoms with Crippen molar-refractivity contribution in [3.05, 3.63) is 59.4 Å². The summed E-state index contributed by atoms with van der Waals surface area (Å²) in [4.78, 5) is 11.0. The predicted molar refractivity (Wildman–Crippen MR) is 96.6 cm³/mol. The Hall–Kier alpha value is -2.36. The number of halogens is 1. The lowest BCUT2D eigenvalue weighted by Gasteiger charge is -2.10. The number of unbranched alkanes of at least 4 members (excludes halogenated alkanes) is 1. The van der Waals surface area contributed by atoms with Crippen LogP contribution in [0.4, 0.5) is 4.39 Å². The molecule has 0 fully saturated rings. The first-order chi connectivity index (χ1) is 12.1. The first-order valence-corrected chi connectivity index (χ1v) is 8.71. The zero-order valence-electron chi connectivity index (χ0n) is 14.9. The lowest BCUT2D eigenvalue weighted by molar-refractivity contribution is -0.116. The molecule has 0 unspecified atom stereocenters. The molecule has 2 aromatic rings. The van der Waals surface area contributed by atoms with Gasteiger partial charge in [-0.3, -0.25) is 0 Å². The van der Waals surface area contributed by atoms with Gasteiger partial charge in [0, 0.05) is 6.42 Å². The monoisotopic (exact) mass is 344 g/mol. The second-order valence-corrected chi connectivity index (χ2v) is 6.10. The summed E-state index contributed by atoms with van der Waals surface area (Å²) in [6.07, 6.45) is 3.07. The molecule has 0 aliphatic rings. The fraction of sp³-hybridized carbons (Fsp3) is 0.381. The molecular weight excluding hydrogens is 319 g/mol. The summed E-state index contributed by atoms with van der Waals surface area (Å²) in [5.41, 5.74) is 1.72. The molecule has 0 aromatic heterocycles. The van der Waals surface area contributed by atoms with E-state index in [0.717, 1.165) is 29.7 Å². The summed E-state index contributed by atoms with van der Waals surface area (Å²) in [6, 6.07) is 12.5. The normalized spacial score (nSPS) is 10.5. The van der Waals surface area contributed by atoms with Gasteiger partial charge in [-0.05, 0) is 55.2 Å². The van der Waals surface area contributed by atoms with Crippen molar-refractivity contribution in [1.29, 1.82) is 0 Å². The van der Waals surface area contributed by atoms with Gasteiger partial charge in [0.05, 0.1) is 6.61 Å². The lowest BCUT2D eigenvalue weighted by Crippen LogP contribution is -2.01. The zero-order chi connectivity index (χ0) is 18.1. The molecule has 134 valence electrons. The number of hydrogen-bond acceptors (Lipinski definition) is 3. The van der Waals surface area contributed by atoms with Crippen LogP contribution in [0.5, 0.6) is 11.5 Å². The van der Waals surface area contributed by atoms with E-state index in [0.29, 0.717) is 19.4 Å². The first-order valence-electron chi connectivity index (χ1n) is 8.71. The Labute approximate surface area is 148 Å². The molecule has 2 aromatic carbocycles. The minimum Gasteiger partial charge on any atom is -0.494 e. The Morgan fingerprint density at radius 3 is 2.64 bits per heavy atom. The van der Waals surface area contributed by atoms with Crippen LogP contribution in [0.3, 0.4) is 0 Å². The number of ketones is 1. The van der Waals surface area contributed by atoms with Gasteiger partial charge < -0.3 is 14.3 Å². The minimum atomic E-state index is -0.406. The summed E-state index contributed by atoms with van der Waals surface area (Å²) >= 11 is 0. The first kappa shape index (κ1) is 19.0. The van der Waals surface area contributed by atoms with Crippen molar-refractivity contribution >= 4 is 5.78 Å². The SMILES string of the molecule is CCCCOc1cccc(COc2ccc(CCC(C)=O)cc2F)c1. The van der Waals surface area contributed by atoms with Crippen LogP contribution in [0, 0.1) is 5.82 Å². The summed E-state index contributed by atoms with van der Waals surface area (Å²) in [7, 11) is 0. The Balaban J connectivity index is 1.92. The van der Waals surface area contributed by atoms with Crippen LogP contribution in [-0.2, 0) is 17.8 Å². The van der Waals surface area contributed by atoms with Gasteiger partial charge in [-0.15, -0.1) is 0 Å². The Kier molecular flexibility index (Phi) is 7.45. The minimum absolute atomic E-state index is 0.0989. The third kappa shape index (κ3) is 6.57. The van der Waals surface area contributed by atoms with E-state index in [4.69, 9.17) is 9.47 Å². The number of hydrogen-bond donors (Lipinski definition) is 0. The molecule has 0 saturated heterocycles. The van der Waals surface area contributed by atoms with Crippen molar-refractivity contribution in [2.45, 2.75) is 46.1 Å². The maximum Gasteiger partial charge on any atom is 0.165 e. The molecule has 25 heavy (non-hydrogen) atoms. The summed E-state index contributed by atoms with van der Waals surface area (Å²) in [5, 5.41) is 0. The highest BCUT2D eigenvalue weighted by molar-refractivity contribution is 5.75. The number of aryl methyl sites for hydroxylation is 1. The third-order valence-corrected chi connectivity index (χ3v) is 3.82. The highest BCUT2D eigenvalue weighted by Gasteiger charge is 2.07. The standard InChI is InChI=1S/C21H25FO3/c1-3-4-12-24-19-7-5-6-18(13-19)15-25-21-11-10-17(14-20(21)22)9-8-16(2)23/h5-7,10-11,13-14H,3-4,8-9,12,15H2,1-2H3. The third-order valence-electron chi connectivity index (χ3n) is 3.82. The molecule has 0 radical (unpaired) electrons. The van der Waals surface area contributed by atoms with Gasteiger partial charge in [-0.2, -0.15) is 0 Å². The van der Waals surface area contributed by atoms with Gasteiger partial charge in [-0.25, -0.2) is 4.39 Å². The second kappa shape index (κ2) is 9.82. The molecule has 0 aliphatic heterocycles. The summed E-state index contributed by atoms with van der Waals surface area (Å²) < 4.78 is 25.4. The van der Waals surface area contributed by atoms with Gasteiger partial charge in [0.1, 0.15) is 18.1 Å². The fourth-order valence-electron chi connectivity index (χ4n) is 2.36. The molecule has 0 bridgehead atoms. The zero-order valence-corrected chi connectivity index (χ0v) is 14.9. The molecule has 0 spiro atoms. The molecule has 0 heterocycles. The van der Waals surface area contributed by atoms with Crippen LogP contribution in [0.15, 0.2) is 42.5 Å². The van der Waals surface area contributed by atoms with Crippen LogP contribution in [-0.4, -0.2) is 12.4 Å². The molecule has 0 amide bonds. The van der Waals surface area contributed by atoms with E-state index in [9.17, 15) is 9.18 Å². The number of Topliss-reactive ketones (excluding diaryl/α,β-unsaturated/α-hetero) is 1. The van der Waals surface area contributed by atoms with Crippen molar-refractivity contribution in [3.8, 4) is 11.5 Å². The fourth-order valence-corrected chi connectivity index (χ4v) is 2.36. The van der Waals surface area contributed by atoms with Gasteiger partial charge >= 0.3 is 0 Å². The Morgan fingerprint density at radius 2 is 1.92 bits per heavy atom. The van der Waals surface area contributed by atoms with Crippen molar-refractivity contribution in [2.24, 2.45) is 0 Å². The maximum atomic E-state index is 14.1. The molecule has 2 rings (SSSR count). The lowest BCUT2D eigenvalue weighted by atomic mass is 10.1. The van der Waals surface area contributed by atoms with E-state index in [1.807, 2.05) is 24.3 Å². The number of rotatable bonds is 10. The van der Waals surface area contributed by atoms with E-state index < -0.39 is 5.82 Å². The van der Waals surface area contributed by atoms with Crippen LogP contribution < -0.4 is 9.47 Å². The maximum absolute atomic E-state index is 14.1. The number of benzene rings is 2. The highest BCUT2D eigenvalue weighted by Crippen LogP contribution is 2.21. The number of carbonyl (C=O) groups is 1. The van der Waals surface area contributed by atoms with E-state index in [1.165, 1.54) is 13.0 Å². The van der Waals surface area contributed by atoms with Gasteiger partial charge in [0.25, 0.3) is 0 Å². The largest absolute Gasteiger partial charge is 0.494 e. The molecule has 0 saturated carbocycles. The summed E-state index contributed by atoms with van der Waals surface area (Å²) in [6.45, 7) is 4.62. The Bertz CT molecular complexity index is 697. The quantitative estimate of drug-likeness (QED) is 0.562. The van der Waals surface area contributed by atoms with Crippen molar-refractivity contribution in [1.82, 2.24) is 0 Å². The van der Waals surface area contributed by atoms with Crippen LogP contribution in [0.2, 0.25) is 0 Å². The molecule has 4 heteroatoms. The van der Waals surface area contributed by atoms with Crippen LogP contribution in [0.25, 0.3) is 0 Å². The average Bonchev–Trinajstić information content (AvgIpc) is 2.60. The number of carbonyl (C=O) groups excluding carboxylic acids is 1. The molecule has 0 atom stereocenters. The second-order valence-electron chi connectivity index (χ2n) is 6.10. The highest BCUT2D eigenvalue weighted by atomic mass is 19.1. The molecular formula is C21H25FO3. The number of ether oxygens (including phenoxy) is 2. The predicted octanol–water partition coefficient (Wildman–Crippen LogP) is 5.11. The van der Waals surface area contributed by atoms with E-state index in [1.54, 1.807) is 12.1 Å². The van der Waals surface area contributed by atoms with Crippen LogP contribution in [0.1, 0.15) is 44.2 Å². The summed E-state index contributed by atoms with van der Waals surface area (Å²) in [5.74, 6) is 0.705. The van der Waals surface area contributed by atoms with Crippen molar-refractivity contribution in [2.75, 3.05) is 6.61 Å². The van der Waals surface area contributed by atoms with Crippen molar-refractivity contribution < 1.29 is 18.7 Å². The van der Waals surface area contributed by atoms with E-state index >= 15 is 0 Å². The van der Waals surface area contributed by atoms with Gasteiger partial charge in [0.2, 0.25) is 0 Å².